The van der Waals surface area contributed by atoms with E-state index in [9.17, 15) is 4.79 Å². The zero-order chi connectivity index (χ0) is 21.4. The number of nitrogens with zero attached hydrogens (tertiary/aromatic N) is 5. The standard InChI is InChI=1S/C24H27N5O2/c1-16-20(6-5-7-22(16)31-2)17-8-9-21-18(12-17)13-27-29(23(21)30)24-25-14-19(15-26-24)28-10-3-4-11-28/h5-7,13-15,17H,3-4,8-12H2,1-2H3. The minimum absolute atomic E-state index is 0.104. The maximum absolute atomic E-state index is 13.2. The molecule has 160 valence electrons. The van der Waals surface area contributed by atoms with Crippen molar-refractivity contribution in [2.45, 2.75) is 44.9 Å². The Morgan fingerprint density at radius 1 is 1.10 bits per heavy atom. The summed E-state index contributed by atoms with van der Waals surface area (Å²) in [5, 5.41) is 4.41. The Labute approximate surface area is 181 Å². The average Bonchev–Trinajstić information content (AvgIpc) is 3.34. The van der Waals surface area contributed by atoms with E-state index in [1.54, 1.807) is 19.5 Å². The molecule has 1 aromatic carbocycles. The summed E-state index contributed by atoms with van der Waals surface area (Å²) in [6, 6.07) is 6.19. The Balaban J connectivity index is 1.41. The van der Waals surface area contributed by atoms with Gasteiger partial charge in [0.15, 0.2) is 0 Å². The van der Waals surface area contributed by atoms with Crippen molar-refractivity contribution in [3.63, 3.8) is 0 Å². The number of hydrogen-bond acceptors (Lipinski definition) is 6. The van der Waals surface area contributed by atoms with Gasteiger partial charge in [-0.3, -0.25) is 4.79 Å². The fourth-order valence-corrected chi connectivity index (χ4v) is 4.92. The molecule has 0 saturated carbocycles. The molecule has 31 heavy (non-hydrogen) atoms. The van der Waals surface area contributed by atoms with Gasteiger partial charge in [0.2, 0.25) is 0 Å². The Morgan fingerprint density at radius 3 is 2.61 bits per heavy atom. The van der Waals surface area contributed by atoms with Crippen LogP contribution in [0.5, 0.6) is 5.75 Å². The fourth-order valence-electron chi connectivity index (χ4n) is 4.92. The molecule has 0 radical (unpaired) electrons. The number of methoxy groups -OCH3 is 1. The fraction of sp³-hybridized carbons (Fsp3) is 0.417. The van der Waals surface area contributed by atoms with Gasteiger partial charge >= 0.3 is 0 Å². The van der Waals surface area contributed by atoms with Crippen molar-refractivity contribution in [1.82, 2.24) is 19.7 Å². The second-order valence-corrected chi connectivity index (χ2v) is 8.41. The first-order valence-electron chi connectivity index (χ1n) is 11.0. The van der Waals surface area contributed by atoms with Crippen molar-refractivity contribution in [3.05, 3.63) is 69.4 Å². The molecule has 2 aliphatic rings. The molecule has 1 aliphatic carbocycles. The molecule has 2 aromatic heterocycles. The molecule has 5 rings (SSSR count). The van der Waals surface area contributed by atoms with E-state index in [0.717, 1.165) is 54.9 Å². The van der Waals surface area contributed by atoms with Crippen LogP contribution in [0.4, 0.5) is 5.69 Å². The van der Waals surface area contributed by atoms with Gasteiger partial charge in [-0.1, -0.05) is 12.1 Å². The van der Waals surface area contributed by atoms with E-state index in [0.29, 0.717) is 11.9 Å². The Bertz CT molecular complexity index is 1150. The summed E-state index contributed by atoms with van der Waals surface area (Å²) >= 11 is 0. The molecule has 7 heteroatoms. The number of rotatable bonds is 4. The lowest BCUT2D eigenvalue weighted by Gasteiger charge is -2.26. The Morgan fingerprint density at radius 2 is 1.87 bits per heavy atom. The van der Waals surface area contributed by atoms with Gasteiger partial charge in [-0.25, -0.2) is 9.97 Å². The molecule has 1 unspecified atom stereocenters. The van der Waals surface area contributed by atoms with Crippen LogP contribution in [-0.4, -0.2) is 39.9 Å². The summed E-state index contributed by atoms with van der Waals surface area (Å²) in [4.78, 5) is 24.3. The number of ether oxygens (including phenoxy) is 1. The van der Waals surface area contributed by atoms with Crippen LogP contribution in [0, 0.1) is 6.92 Å². The highest BCUT2D eigenvalue weighted by Crippen LogP contribution is 2.35. The first-order valence-corrected chi connectivity index (χ1v) is 11.0. The van der Waals surface area contributed by atoms with Crippen molar-refractivity contribution in [2.75, 3.05) is 25.1 Å². The summed E-state index contributed by atoms with van der Waals surface area (Å²) in [7, 11) is 1.70. The van der Waals surface area contributed by atoms with Crippen LogP contribution in [0.25, 0.3) is 5.95 Å². The van der Waals surface area contributed by atoms with Gasteiger partial charge in [0, 0.05) is 18.7 Å². The summed E-state index contributed by atoms with van der Waals surface area (Å²) in [6.07, 6.45) is 10.3. The quantitative estimate of drug-likeness (QED) is 0.649. The van der Waals surface area contributed by atoms with Crippen LogP contribution < -0.4 is 15.2 Å². The maximum atomic E-state index is 13.2. The lowest BCUT2D eigenvalue weighted by atomic mass is 9.79. The van der Waals surface area contributed by atoms with Gasteiger partial charge in [-0.15, -0.1) is 0 Å². The summed E-state index contributed by atoms with van der Waals surface area (Å²) < 4.78 is 6.83. The number of aromatic nitrogens is 4. The third kappa shape index (κ3) is 3.58. The SMILES string of the molecule is COc1cccc(C2CCc3c(cnn(-c4ncc(N5CCCC5)cn4)c3=O)C2)c1C. The molecule has 1 saturated heterocycles. The molecule has 3 aromatic rings. The minimum Gasteiger partial charge on any atom is -0.496 e. The van der Waals surface area contributed by atoms with Gasteiger partial charge in [0.05, 0.1) is 31.4 Å². The zero-order valence-corrected chi connectivity index (χ0v) is 18.0. The lowest BCUT2D eigenvalue weighted by Crippen LogP contribution is -2.31. The largest absolute Gasteiger partial charge is 0.496 e. The first kappa shape index (κ1) is 19.7. The molecule has 0 amide bonds. The molecule has 1 fully saturated rings. The third-order valence-electron chi connectivity index (χ3n) is 6.65. The molecule has 7 nitrogen and oxygen atoms in total. The van der Waals surface area contributed by atoms with E-state index in [-0.39, 0.29) is 5.56 Å². The average molecular weight is 418 g/mol. The highest BCUT2D eigenvalue weighted by molar-refractivity contribution is 5.44. The van der Waals surface area contributed by atoms with Crippen LogP contribution in [-0.2, 0) is 12.8 Å². The number of fused-ring (bicyclic) bond motifs is 1. The van der Waals surface area contributed by atoms with Crippen molar-refractivity contribution in [3.8, 4) is 11.7 Å². The molecular formula is C24H27N5O2. The first-order chi connectivity index (χ1) is 15.2. The van der Waals surface area contributed by atoms with Crippen LogP contribution >= 0.6 is 0 Å². The van der Waals surface area contributed by atoms with E-state index in [1.807, 2.05) is 18.3 Å². The minimum atomic E-state index is -0.104. The van der Waals surface area contributed by atoms with Gasteiger partial charge in [0.25, 0.3) is 11.5 Å². The molecule has 0 bridgehead atoms. The van der Waals surface area contributed by atoms with Crippen molar-refractivity contribution < 1.29 is 4.74 Å². The normalized spacial score (nSPS) is 18.1. The Kier molecular flexibility index (Phi) is 5.18. The summed E-state index contributed by atoms with van der Waals surface area (Å²) in [6.45, 7) is 4.17. The van der Waals surface area contributed by atoms with E-state index in [2.05, 4.69) is 33.0 Å². The van der Waals surface area contributed by atoms with Gasteiger partial charge in [-0.2, -0.15) is 9.78 Å². The topological polar surface area (TPSA) is 73.1 Å². The van der Waals surface area contributed by atoms with Crippen LogP contribution in [0.1, 0.15) is 47.4 Å². The number of anilines is 1. The predicted octanol–water partition coefficient (Wildman–Crippen LogP) is 3.21. The molecule has 0 spiro atoms. The smallest absolute Gasteiger partial charge is 0.277 e. The van der Waals surface area contributed by atoms with E-state index >= 15 is 0 Å². The molecule has 0 N–H and O–H groups in total. The maximum Gasteiger partial charge on any atom is 0.277 e. The van der Waals surface area contributed by atoms with Crippen LogP contribution in [0.2, 0.25) is 0 Å². The monoisotopic (exact) mass is 417 g/mol. The van der Waals surface area contributed by atoms with Gasteiger partial charge < -0.3 is 9.64 Å². The molecule has 1 aliphatic heterocycles. The zero-order valence-electron chi connectivity index (χ0n) is 18.0. The predicted molar refractivity (Wildman–Crippen MR) is 119 cm³/mol. The van der Waals surface area contributed by atoms with Crippen LogP contribution in [0.15, 0.2) is 41.6 Å². The molecule has 1 atom stereocenters. The van der Waals surface area contributed by atoms with E-state index in [4.69, 9.17) is 4.74 Å². The number of benzene rings is 1. The van der Waals surface area contributed by atoms with Crippen molar-refractivity contribution in [2.24, 2.45) is 0 Å². The van der Waals surface area contributed by atoms with Gasteiger partial charge in [-0.05, 0) is 67.7 Å². The number of hydrogen-bond donors (Lipinski definition) is 0. The second kappa shape index (κ2) is 8.13. The molecular weight excluding hydrogens is 390 g/mol. The van der Waals surface area contributed by atoms with Crippen LogP contribution in [0.3, 0.4) is 0 Å². The lowest BCUT2D eigenvalue weighted by molar-refractivity contribution is 0.409. The van der Waals surface area contributed by atoms with Crippen molar-refractivity contribution in [1.29, 1.82) is 0 Å². The highest BCUT2D eigenvalue weighted by Gasteiger charge is 2.26. The second-order valence-electron chi connectivity index (χ2n) is 8.41. The van der Waals surface area contributed by atoms with Gasteiger partial charge in [0.1, 0.15) is 5.75 Å². The summed E-state index contributed by atoms with van der Waals surface area (Å²) in [5.41, 5.74) is 5.21. The van der Waals surface area contributed by atoms with E-state index < -0.39 is 0 Å². The Hall–Kier alpha value is -3.22. The molecule has 3 heterocycles. The highest BCUT2D eigenvalue weighted by atomic mass is 16.5. The van der Waals surface area contributed by atoms with Crippen molar-refractivity contribution >= 4 is 5.69 Å². The summed E-state index contributed by atoms with van der Waals surface area (Å²) in [5.74, 6) is 1.60. The van der Waals surface area contributed by atoms with E-state index in [1.165, 1.54) is 28.7 Å². The third-order valence-corrected chi connectivity index (χ3v) is 6.65.